The van der Waals surface area contributed by atoms with E-state index in [0.29, 0.717) is 21.7 Å². The number of amides is 1. The fourth-order valence-electron chi connectivity index (χ4n) is 2.37. The molecule has 0 aliphatic rings. The molecule has 3 aromatic rings. The summed E-state index contributed by atoms with van der Waals surface area (Å²) in [5.74, 6) is -0.998. The second-order valence-electron chi connectivity index (χ2n) is 5.83. The fourth-order valence-corrected chi connectivity index (χ4v) is 2.82. The van der Waals surface area contributed by atoms with E-state index in [0.717, 1.165) is 0 Å². The van der Waals surface area contributed by atoms with Crippen LogP contribution in [0.15, 0.2) is 41.2 Å². The molecule has 1 amide bonds. The summed E-state index contributed by atoms with van der Waals surface area (Å²) < 4.78 is 10.4. The Kier molecular flexibility index (Phi) is 5.91. The van der Waals surface area contributed by atoms with Crippen molar-refractivity contribution < 1.29 is 19.1 Å². The molecule has 0 spiro atoms. The number of ether oxygens (including phenoxy) is 2. The van der Waals surface area contributed by atoms with Crippen LogP contribution in [0.25, 0.3) is 11.0 Å². The number of imidazole rings is 1. The Bertz CT molecular complexity index is 1090. The standard InChI is InChI=1S/C18H15Cl2N3O5/c1-9(28-15-5-2-10(19)6-12(15)20)17(25)27-8-16(24)21-11-3-4-13-14(7-11)23-18(26)22-13/h2-7,9H,8H2,1H3,(H,21,24)(H2,22,23,26). The molecule has 0 aliphatic carbocycles. The lowest BCUT2D eigenvalue weighted by Gasteiger charge is -2.15. The maximum atomic E-state index is 12.0. The predicted molar refractivity (Wildman–Crippen MR) is 105 cm³/mol. The second kappa shape index (κ2) is 8.37. The molecule has 28 heavy (non-hydrogen) atoms. The Morgan fingerprint density at radius 3 is 2.61 bits per heavy atom. The van der Waals surface area contributed by atoms with Crippen molar-refractivity contribution in [3.63, 3.8) is 0 Å². The zero-order valence-electron chi connectivity index (χ0n) is 14.5. The highest BCUT2D eigenvalue weighted by atomic mass is 35.5. The maximum Gasteiger partial charge on any atom is 0.347 e. The van der Waals surface area contributed by atoms with Crippen LogP contribution in [0.2, 0.25) is 10.0 Å². The molecule has 0 bridgehead atoms. The lowest BCUT2D eigenvalue weighted by Crippen LogP contribution is -2.29. The van der Waals surface area contributed by atoms with E-state index in [1.165, 1.54) is 19.1 Å². The average molecular weight is 424 g/mol. The van der Waals surface area contributed by atoms with Crippen LogP contribution in [-0.4, -0.2) is 34.6 Å². The van der Waals surface area contributed by atoms with Gasteiger partial charge >= 0.3 is 11.7 Å². The van der Waals surface area contributed by atoms with Crippen molar-refractivity contribution in [2.24, 2.45) is 0 Å². The summed E-state index contributed by atoms with van der Waals surface area (Å²) in [6.45, 7) is 0.976. The van der Waals surface area contributed by atoms with Gasteiger partial charge in [-0.05, 0) is 43.3 Å². The Labute approximate surface area is 168 Å². The van der Waals surface area contributed by atoms with E-state index in [-0.39, 0.29) is 16.5 Å². The third-order valence-corrected chi connectivity index (χ3v) is 4.21. The van der Waals surface area contributed by atoms with Crippen LogP contribution in [0.5, 0.6) is 5.75 Å². The van der Waals surface area contributed by atoms with E-state index < -0.39 is 24.6 Å². The van der Waals surface area contributed by atoms with Gasteiger partial charge in [0.05, 0.1) is 16.1 Å². The number of carbonyl (C=O) groups is 2. The molecule has 2 aromatic carbocycles. The summed E-state index contributed by atoms with van der Waals surface area (Å²) in [7, 11) is 0. The van der Waals surface area contributed by atoms with Crippen LogP contribution in [0.1, 0.15) is 6.92 Å². The molecule has 3 rings (SSSR count). The number of fused-ring (bicyclic) bond motifs is 1. The van der Waals surface area contributed by atoms with Crippen LogP contribution in [0, 0.1) is 0 Å². The number of aromatic nitrogens is 2. The van der Waals surface area contributed by atoms with Crippen molar-refractivity contribution >= 4 is 51.8 Å². The van der Waals surface area contributed by atoms with Crippen LogP contribution < -0.4 is 15.7 Å². The number of aromatic amines is 2. The second-order valence-corrected chi connectivity index (χ2v) is 6.67. The average Bonchev–Trinajstić information content (AvgIpc) is 3.01. The molecule has 0 aliphatic heterocycles. The number of halogens is 2. The number of carbonyl (C=O) groups excluding carboxylic acids is 2. The Morgan fingerprint density at radius 2 is 1.86 bits per heavy atom. The van der Waals surface area contributed by atoms with E-state index in [9.17, 15) is 14.4 Å². The quantitative estimate of drug-likeness (QED) is 0.527. The van der Waals surface area contributed by atoms with Gasteiger partial charge in [0.1, 0.15) is 5.75 Å². The zero-order valence-corrected chi connectivity index (χ0v) is 16.1. The molecule has 146 valence electrons. The van der Waals surface area contributed by atoms with E-state index >= 15 is 0 Å². The molecule has 1 atom stereocenters. The lowest BCUT2D eigenvalue weighted by molar-refractivity contribution is -0.153. The fraction of sp³-hybridized carbons (Fsp3) is 0.167. The molecule has 10 heteroatoms. The van der Waals surface area contributed by atoms with E-state index in [1.807, 2.05) is 0 Å². The van der Waals surface area contributed by atoms with Crippen molar-refractivity contribution in [2.45, 2.75) is 13.0 Å². The highest BCUT2D eigenvalue weighted by molar-refractivity contribution is 6.35. The summed E-state index contributed by atoms with van der Waals surface area (Å²) in [4.78, 5) is 40.4. The summed E-state index contributed by atoms with van der Waals surface area (Å²) in [5.41, 5.74) is 1.26. The molecule has 1 heterocycles. The number of hydrogen-bond donors (Lipinski definition) is 3. The number of anilines is 1. The van der Waals surface area contributed by atoms with E-state index in [1.54, 1.807) is 24.3 Å². The van der Waals surface area contributed by atoms with Crippen molar-refractivity contribution in [1.82, 2.24) is 9.97 Å². The lowest BCUT2D eigenvalue weighted by atomic mass is 10.3. The smallest absolute Gasteiger partial charge is 0.347 e. The van der Waals surface area contributed by atoms with Gasteiger partial charge in [-0.2, -0.15) is 0 Å². The van der Waals surface area contributed by atoms with Crippen LogP contribution >= 0.6 is 23.2 Å². The number of H-pyrrole nitrogens is 2. The number of nitrogens with one attached hydrogen (secondary N) is 3. The van der Waals surface area contributed by atoms with Crippen molar-refractivity contribution in [3.05, 3.63) is 56.9 Å². The number of rotatable bonds is 6. The largest absolute Gasteiger partial charge is 0.477 e. The molecule has 1 unspecified atom stereocenters. The molecular weight excluding hydrogens is 409 g/mol. The van der Waals surface area contributed by atoms with Gasteiger partial charge in [0.15, 0.2) is 12.7 Å². The minimum Gasteiger partial charge on any atom is -0.477 e. The number of hydrogen-bond acceptors (Lipinski definition) is 5. The van der Waals surface area contributed by atoms with Crippen molar-refractivity contribution in [2.75, 3.05) is 11.9 Å². The molecule has 0 saturated carbocycles. The first-order valence-corrected chi connectivity index (χ1v) is 8.87. The van der Waals surface area contributed by atoms with Crippen LogP contribution in [-0.2, 0) is 14.3 Å². The van der Waals surface area contributed by atoms with Gasteiger partial charge in [0, 0.05) is 10.7 Å². The van der Waals surface area contributed by atoms with Gasteiger partial charge in [-0.15, -0.1) is 0 Å². The van der Waals surface area contributed by atoms with E-state index in [2.05, 4.69) is 15.3 Å². The van der Waals surface area contributed by atoms with Gasteiger partial charge in [-0.25, -0.2) is 9.59 Å². The van der Waals surface area contributed by atoms with Gasteiger partial charge in [0.25, 0.3) is 5.91 Å². The molecule has 0 fully saturated rings. The zero-order chi connectivity index (χ0) is 20.3. The Morgan fingerprint density at radius 1 is 1.11 bits per heavy atom. The van der Waals surface area contributed by atoms with E-state index in [4.69, 9.17) is 32.7 Å². The van der Waals surface area contributed by atoms with Crippen LogP contribution in [0.3, 0.4) is 0 Å². The van der Waals surface area contributed by atoms with Gasteiger partial charge in [-0.3, -0.25) is 4.79 Å². The van der Waals surface area contributed by atoms with Gasteiger partial charge in [0.2, 0.25) is 0 Å². The first-order chi connectivity index (χ1) is 13.3. The molecule has 1 aromatic heterocycles. The normalized spacial score (nSPS) is 11.8. The van der Waals surface area contributed by atoms with Gasteiger partial charge in [-0.1, -0.05) is 23.2 Å². The van der Waals surface area contributed by atoms with Gasteiger partial charge < -0.3 is 24.8 Å². The Balaban J connectivity index is 1.52. The minimum absolute atomic E-state index is 0.253. The first kappa shape index (κ1) is 19.8. The van der Waals surface area contributed by atoms with Crippen LogP contribution in [0.4, 0.5) is 5.69 Å². The summed E-state index contributed by atoms with van der Waals surface area (Å²) in [6, 6.07) is 9.42. The Hall–Kier alpha value is -2.97. The molecule has 3 N–H and O–H groups in total. The SMILES string of the molecule is CC(Oc1ccc(Cl)cc1Cl)C(=O)OCC(=O)Nc1ccc2[nH]c(=O)[nH]c2c1. The monoisotopic (exact) mass is 423 g/mol. The molecular formula is C18H15Cl2N3O5. The summed E-state index contributed by atoms with van der Waals surface area (Å²) in [6.07, 6.45) is -0.979. The first-order valence-electron chi connectivity index (χ1n) is 8.12. The number of benzene rings is 2. The third-order valence-electron chi connectivity index (χ3n) is 3.67. The highest BCUT2D eigenvalue weighted by Crippen LogP contribution is 2.28. The highest BCUT2D eigenvalue weighted by Gasteiger charge is 2.19. The molecule has 8 nitrogen and oxygen atoms in total. The maximum absolute atomic E-state index is 12.0. The van der Waals surface area contributed by atoms with Crippen molar-refractivity contribution in [3.8, 4) is 5.75 Å². The molecule has 0 radical (unpaired) electrons. The summed E-state index contributed by atoms with van der Waals surface area (Å²) >= 11 is 11.8. The topological polar surface area (TPSA) is 113 Å². The van der Waals surface area contributed by atoms with Crippen molar-refractivity contribution in [1.29, 1.82) is 0 Å². The summed E-state index contributed by atoms with van der Waals surface area (Å²) in [5, 5.41) is 3.26. The molecule has 0 saturated heterocycles. The third kappa shape index (κ3) is 4.85. The predicted octanol–water partition coefficient (Wildman–Crippen LogP) is 3.11. The minimum atomic E-state index is -0.979. The number of esters is 1.